The van der Waals surface area contributed by atoms with Crippen molar-refractivity contribution in [1.82, 2.24) is 0 Å². The number of nitrogens with one attached hydrogen (secondary N) is 1. The second kappa shape index (κ2) is 4.94. The number of anilines is 1. The second-order valence-corrected chi connectivity index (χ2v) is 5.92. The number of hydrogen-bond donors (Lipinski definition) is 2. The van der Waals surface area contributed by atoms with Gasteiger partial charge in [-0.3, -0.25) is 0 Å². The van der Waals surface area contributed by atoms with Gasteiger partial charge in [-0.15, -0.1) is 11.3 Å². The monoisotopic (exact) mass is 269 g/mol. The Balaban J connectivity index is 1.91. The molecule has 96 valence electrons. The minimum Gasteiger partial charge on any atom is -0.507 e. The molecule has 0 radical (unpaired) electrons. The summed E-state index contributed by atoms with van der Waals surface area (Å²) in [4.78, 5) is 2.64. The van der Waals surface area contributed by atoms with Crippen molar-refractivity contribution in [2.75, 3.05) is 5.32 Å². The topological polar surface area (TPSA) is 32.3 Å². The van der Waals surface area contributed by atoms with Gasteiger partial charge in [-0.2, -0.15) is 0 Å². The maximum Gasteiger partial charge on any atom is 0.123 e. The minimum atomic E-state index is 0.327. The van der Waals surface area contributed by atoms with E-state index in [0.717, 1.165) is 23.0 Å². The van der Waals surface area contributed by atoms with E-state index in [1.165, 1.54) is 9.75 Å². The van der Waals surface area contributed by atoms with E-state index < -0.39 is 0 Å². The van der Waals surface area contributed by atoms with Gasteiger partial charge < -0.3 is 10.4 Å². The lowest BCUT2D eigenvalue weighted by molar-refractivity contribution is 0.481. The molecule has 0 aliphatic heterocycles. The van der Waals surface area contributed by atoms with Crippen LogP contribution in [0.4, 0.5) is 5.69 Å². The predicted octanol–water partition coefficient (Wildman–Crippen LogP) is 4.53. The molecule has 0 aliphatic rings. The van der Waals surface area contributed by atoms with E-state index in [4.69, 9.17) is 0 Å². The van der Waals surface area contributed by atoms with Gasteiger partial charge in [0.1, 0.15) is 5.75 Å². The number of aryl methyl sites for hydroxylation is 1. The summed E-state index contributed by atoms with van der Waals surface area (Å²) in [5.41, 5.74) is 1.06. The summed E-state index contributed by atoms with van der Waals surface area (Å²) in [6.07, 6.45) is 0. The second-order valence-electron chi connectivity index (χ2n) is 4.54. The Morgan fingerprint density at radius 3 is 2.58 bits per heavy atom. The van der Waals surface area contributed by atoms with Crippen LogP contribution in [0.25, 0.3) is 10.8 Å². The summed E-state index contributed by atoms with van der Waals surface area (Å²) in [5.74, 6) is 0.327. The zero-order valence-electron chi connectivity index (χ0n) is 10.7. The molecule has 1 aromatic heterocycles. The zero-order valence-corrected chi connectivity index (χ0v) is 11.5. The van der Waals surface area contributed by atoms with E-state index in [-0.39, 0.29) is 0 Å². The van der Waals surface area contributed by atoms with Crippen molar-refractivity contribution >= 4 is 27.8 Å². The van der Waals surface area contributed by atoms with Crippen molar-refractivity contribution in [3.05, 3.63) is 58.3 Å². The number of aromatic hydroxyl groups is 1. The minimum absolute atomic E-state index is 0.327. The molecule has 0 saturated heterocycles. The van der Waals surface area contributed by atoms with Crippen LogP contribution >= 0.6 is 11.3 Å². The summed E-state index contributed by atoms with van der Waals surface area (Å²) in [5, 5.41) is 15.2. The molecule has 3 aromatic rings. The Kier molecular flexibility index (Phi) is 3.13. The summed E-state index contributed by atoms with van der Waals surface area (Å²) in [6, 6.07) is 15.8. The van der Waals surface area contributed by atoms with Crippen LogP contribution in [0.15, 0.2) is 48.5 Å². The van der Waals surface area contributed by atoms with Crippen molar-refractivity contribution < 1.29 is 5.11 Å². The highest BCUT2D eigenvalue weighted by atomic mass is 32.1. The molecule has 2 nitrogen and oxygen atoms in total. The van der Waals surface area contributed by atoms with Gasteiger partial charge in [0.15, 0.2) is 0 Å². The van der Waals surface area contributed by atoms with Gasteiger partial charge in [0.25, 0.3) is 0 Å². The van der Waals surface area contributed by atoms with Crippen LogP contribution < -0.4 is 5.32 Å². The normalized spacial score (nSPS) is 10.8. The third-order valence-corrected chi connectivity index (χ3v) is 4.15. The first-order valence-electron chi connectivity index (χ1n) is 6.24. The quantitative estimate of drug-likeness (QED) is 0.732. The molecule has 0 spiro atoms. The highest BCUT2D eigenvalue weighted by Gasteiger charge is 2.04. The standard InChI is InChI=1S/C16H15NOS/c1-11-8-9-12(19-11)10-17-15-6-2-5-14-13(15)4-3-7-16(14)18/h2-9,17-18H,10H2,1H3. The summed E-state index contributed by atoms with van der Waals surface area (Å²) < 4.78 is 0. The number of hydrogen-bond acceptors (Lipinski definition) is 3. The van der Waals surface area contributed by atoms with Gasteiger partial charge in [-0.25, -0.2) is 0 Å². The smallest absolute Gasteiger partial charge is 0.123 e. The molecule has 0 amide bonds. The van der Waals surface area contributed by atoms with E-state index in [0.29, 0.717) is 5.75 Å². The van der Waals surface area contributed by atoms with Gasteiger partial charge in [0.2, 0.25) is 0 Å². The predicted molar refractivity (Wildman–Crippen MR) is 82.0 cm³/mol. The molecule has 0 aliphatic carbocycles. The molecule has 0 bridgehead atoms. The Morgan fingerprint density at radius 1 is 1.00 bits per heavy atom. The van der Waals surface area contributed by atoms with Crippen LogP contribution in [-0.4, -0.2) is 5.11 Å². The van der Waals surface area contributed by atoms with Gasteiger partial charge in [0.05, 0.1) is 0 Å². The first-order chi connectivity index (χ1) is 9.24. The Labute approximate surface area is 116 Å². The Hall–Kier alpha value is -2.00. The molecule has 0 fully saturated rings. The fourth-order valence-corrected chi connectivity index (χ4v) is 3.04. The van der Waals surface area contributed by atoms with E-state index in [1.807, 2.05) is 30.3 Å². The van der Waals surface area contributed by atoms with E-state index in [1.54, 1.807) is 17.4 Å². The lowest BCUT2D eigenvalue weighted by Gasteiger charge is -2.09. The van der Waals surface area contributed by atoms with Crippen molar-refractivity contribution in [1.29, 1.82) is 0 Å². The van der Waals surface area contributed by atoms with E-state index in [9.17, 15) is 5.11 Å². The molecule has 3 heteroatoms. The van der Waals surface area contributed by atoms with Crippen LogP contribution in [0.2, 0.25) is 0 Å². The van der Waals surface area contributed by atoms with E-state index in [2.05, 4.69) is 24.4 Å². The highest BCUT2D eigenvalue weighted by molar-refractivity contribution is 7.11. The first kappa shape index (κ1) is 12.1. The van der Waals surface area contributed by atoms with Crippen LogP contribution in [0.1, 0.15) is 9.75 Å². The number of phenolic OH excluding ortho intramolecular Hbond substituents is 1. The molecule has 1 heterocycles. The molecule has 2 N–H and O–H groups in total. The van der Waals surface area contributed by atoms with Gasteiger partial charge in [0, 0.05) is 32.8 Å². The number of rotatable bonds is 3. The van der Waals surface area contributed by atoms with E-state index >= 15 is 0 Å². The Bertz CT molecular complexity index is 718. The zero-order chi connectivity index (χ0) is 13.2. The van der Waals surface area contributed by atoms with Gasteiger partial charge >= 0.3 is 0 Å². The molecule has 0 unspecified atom stereocenters. The SMILES string of the molecule is Cc1ccc(CNc2cccc3c(O)cccc23)s1. The van der Waals surface area contributed by atoms with Crippen LogP contribution in [0, 0.1) is 6.92 Å². The Morgan fingerprint density at radius 2 is 1.79 bits per heavy atom. The van der Waals surface area contributed by atoms with Crippen molar-refractivity contribution in [3.63, 3.8) is 0 Å². The summed E-state index contributed by atoms with van der Waals surface area (Å²) in [6.45, 7) is 2.93. The van der Waals surface area contributed by atoms with Crippen LogP contribution in [-0.2, 0) is 6.54 Å². The molecule has 3 rings (SSSR count). The van der Waals surface area contributed by atoms with Crippen LogP contribution in [0.3, 0.4) is 0 Å². The van der Waals surface area contributed by atoms with Gasteiger partial charge in [-0.1, -0.05) is 24.3 Å². The molecular formula is C16H15NOS. The fraction of sp³-hybridized carbons (Fsp3) is 0.125. The van der Waals surface area contributed by atoms with Crippen molar-refractivity contribution in [2.24, 2.45) is 0 Å². The number of fused-ring (bicyclic) bond motifs is 1. The number of benzene rings is 2. The fourth-order valence-electron chi connectivity index (χ4n) is 2.21. The van der Waals surface area contributed by atoms with Crippen molar-refractivity contribution in [3.8, 4) is 5.75 Å². The maximum absolute atomic E-state index is 9.86. The molecule has 2 aromatic carbocycles. The lowest BCUT2D eigenvalue weighted by atomic mass is 10.1. The molecular weight excluding hydrogens is 254 g/mol. The number of thiophene rings is 1. The number of phenols is 1. The largest absolute Gasteiger partial charge is 0.507 e. The van der Waals surface area contributed by atoms with Crippen molar-refractivity contribution in [2.45, 2.75) is 13.5 Å². The highest BCUT2D eigenvalue weighted by Crippen LogP contribution is 2.30. The molecule has 0 saturated carbocycles. The van der Waals surface area contributed by atoms with Gasteiger partial charge in [-0.05, 0) is 31.2 Å². The third-order valence-electron chi connectivity index (χ3n) is 3.15. The summed E-state index contributed by atoms with van der Waals surface area (Å²) in [7, 11) is 0. The average Bonchev–Trinajstić information content (AvgIpc) is 2.83. The maximum atomic E-state index is 9.86. The average molecular weight is 269 g/mol. The lowest BCUT2D eigenvalue weighted by Crippen LogP contribution is -1.97. The third kappa shape index (κ3) is 2.42. The molecule has 0 atom stereocenters. The summed E-state index contributed by atoms with van der Waals surface area (Å²) >= 11 is 1.80. The first-order valence-corrected chi connectivity index (χ1v) is 7.05. The molecule has 19 heavy (non-hydrogen) atoms. The van der Waals surface area contributed by atoms with Crippen LogP contribution in [0.5, 0.6) is 5.75 Å².